The van der Waals surface area contributed by atoms with Gasteiger partial charge in [-0.05, 0) is 25.8 Å². The van der Waals surface area contributed by atoms with Crippen molar-refractivity contribution in [3.05, 3.63) is 0 Å². The Balaban J connectivity index is 2.02. The minimum atomic E-state index is -0.185. The molecule has 0 aromatic rings. The monoisotopic (exact) mass is 184 g/mol. The summed E-state index contributed by atoms with van der Waals surface area (Å²) >= 11 is 0. The molecule has 1 aliphatic carbocycles. The van der Waals surface area contributed by atoms with Gasteiger partial charge in [-0.15, -0.1) is 0 Å². The number of likely N-dealkylation sites (tertiary alicyclic amines) is 1. The maximum Gasteiger partial charge on any atom is 0.0747 e. The summed E-state index contributed by atoms with van der Waals surface area (Å²) in [6.45, 7) is 3.80. The zero-order chi connectivity index (χ0) is 9.42. The van der Waals surface area contributed by atoms with Gasteiger partial charge in [0, 0.05) is 24.5 Å². The predicted octanol–water partition coefficient (Wildman–Crippen LogP) is 0.179. The average Bonchev–Trinajstić information content (AvgIpc) is 2.91. The fourth-order valence-corrected chi connectivity index (χ4v) is 2.54. The Bertz CT molecular complexity index is 182. The number of nitrogens with zero attached hydrogens (tertiary/aromatic N) is 1. The summed E-state index contributed by atoms with van der Waals surface area (Å²) < 4.78 is 0. The van der Waals surface area contributed by atoms with E-state index in [4.69, 9.17) is 5.73 Å². The summed E-state index contributed by atoms with van der Waals surface area (Å²) in [5.74, 6) is 0.311. The molecule has 1 heterocycles. The van der Waals surface area contributed by atoms with Gasteiger partial charge in [0.15, 0.2) is 0 Å². The zero-order valence-electron chi connectivity index (χ0n) is 8.32. The van der Waals surface area contributed by atoms with Crippen molar-refractivity contribution in [2.75, 3.05) is 13.1 Å². The maximum absolute atomic E-state index is 9.97. The number of aliphatic hydroxyl groups excluding tert-OH is 1. The van der Waals surface area contributed by atoms with E-state index < -0.39 is 0 Å². The normalized spacial score (nSPS) is 41.3. The first-order valence-electron chi connectivity index (χ1n) is 5.41. The third-order valence-electron chi connectivity index (χ3n) is 3.49. The van der Waals surface area contributed by atoms with Gasteiger partial charge in [0.05, 0.1) is 6.10 Å². The lowest BCUT2D eigenvalue weighted by atomic mass is 10.0. The Kier molecular flexibility index (Phi) is 2.58. The molecule has 2 aliphatic rings. The summed E-state index contributed by atoms with van der Waals surface area (Å²) in [5.41, 5.74) is 5.64. The van der Waals surface area contributed by atoms with E-state index in [1.165, 1.54) is 12.8 Å². The Morgan fingerprint density at radius 3 is 2.62 bits per heavy atom. The lowest BCUT2D eigenvalue weighted by molar-refractivity contribution is 0.0916. The van der Waals surface area contributed by atoms with Crippen molar-refractivity contribution in [3.8, 4) is 0 Å². The second-order valence-corrected chi connectivity index (χ2v) is 4.39. The van der Waals surface area contributed by atoms with Crippen LogP contribution in [0.1, 0.15) is 26.2 Å². The minimum Gasteiger partial charge on any atom is -0.391 e. The Labute approximate surface area is 79.9 Å². The largest absolute Gasteiger partial charge is 0.391 e. The van der Waals surface area contributed by atoms with E-state index in [-0.39, 0.29) is 6.10 Å². The van der Waals surface area contributed by atoms with Crippen LogP contribution >= 0.6 is 0 Å². The van der Waals surface area contributed by atoms with E-state index in [2.05, 4.69) is 11.8 Å². The SMILES string of the molecule is CCC1C(O)C(CN)CN1C1CC1. The molecule has 1 saturated heterocycles. The van der Waals surface area contributed by atoms with Crippen molar-refractivity contribution in [2.24, 2.45) is 11.7 Å². The van der Waals surface area contributed by atoms with Crippen LogP contribution in [0.25, 0.3) is 0 Å². The number of hydrogen-bond acceptors (Lipinski definition) is 3. The molecule has 76 valence electrons. The van der Waals surface area contributed by atoms with Gasteiger partial charge in [0.25, 0.3) is 0 Å². The summed E-state index contributed by atoms with van der Waals surface area (Å²) in [5, 5.41) is 9.97. The third-order valence-corrected chi connectivity index (χ3v) is 3.49. The van der Waals surface area contributed by atoms with Gasteiger partial charge < -0.3 is 10.8 Å². The average molecular weight is 184 g/mol. The fourth-order valence-electron chi connectivity index (χ4n) is 2.54. The molecule has 0 bridgehead atoms. The molecule has 0 radical (unpaired) electrons. The van der Waals surface area contributed by atoms with E-state index in [1.54, 1.807) is 0 Å². The van der Waals surface area contributed by atoms with Crippen LogP contribution in [0.15, 0.2) is 0 Å². The number of aliphatic hydroxyl groups is 1. The van der Waals surface area contributed by atoms with Crippen LogP contribution in [-0.4, -0.2) is 41.3 Å². The second kappa shape index (κ2) is 3.56. The van der Waals surface area contributed by atoms with Crippen LogP contribution < -0.4 is 5.73 Å². The zero-order valence-corrected chi connectivity index (χ0v) is 8.32. The van der Waals surface area contributed by atoms with Crippen molar-refractivity contribution in [3.63, 3.8) is 0 Å². The van der Waals surface area contributed by atoms with Gasteiger partial charge in [-0.1, -0.05) is 6.92 Å². The van der Waals surface area contributed by atoms with Crippen LogP contribution in [0, 0.1) is 5.92 Å². The lowest BCUT2D eigenvalue weighted by Gasteiger charge is -2.24. The summed E-state index contributed by atoms with van der Waals surface area (Å²) in [4.78, 5) is 2.47. The molecule has 3 heteroatoms. The summed E-state index contributed by atoms with van der Waals surface area (Å²) in [6, 6.07) is 1.14. The number of nitrogens with two attached hydrogens (primary N) is 1. The predicted molar refractivity (Wildman–Crippen MR) is 52.4 cm³/mol. The smallest absolute Gasteiger partial charge is 0.0747 e. The fraction of sp³-hybridized carbons (Fsp3) is 1.00. The molecule has 3 unspecified atom stereocenters. The first kappa shape index (κ1) is 9.44. The molecule has 2 rings (SSSR count). The maximum atomic E-state index is 9.97. The Hall–Kier alpha value is -0.120. The highest BCUT2D eigenvalue weighted by atomic mass is 16.3. The van der Waals surface area contributed by atoms with Gasteiger partial charge in [0.2, 0.25) is 0 Å². The molecule has 0 amide bonds. The minimum absolute atomic E-state index is 0.185. The second-order valence-electron chi connectivity index (χ2n) is 4.39. The first-order chi connectivity index (χ1) is 6.27. The molecule has 3 atom stereocenters. The molecule has 0 spiro atoms. The van der Waals surface area contributed by atoms with Crippen molar-refractivity contribution in [1.29, 1.82) is 0 Å². The van der Waals surface area contributed by atoms with Gasteiger partial charge >= 0.3 is 0 Å². The molecule has 0 aromatic heterocycles. The van der Waals surface area contributed by atoms with Gasteiger partial charge in [-0.3, -0.25) is 4.90 Å². The molecule has 1 aliphatic heterocycles. The standard InChI is InChI=1S/C10H20N2O/c1-2-9-10(13)7(5-11)6-12(9)8-3-4-8/h7-10,13H,2-6,11H2,1H3. The molecule has 1 saturated carbocycles. The van der Waals surface area contributed by atoms with E-state index in [1.807, 2.05) is 0 Å². The third kappa shape index (κ3) is 1.60. The quantitative estimate of drug-likeness (QED) is 0.658. The van der Waals surface area contributed by atoms with E-state index in [0.29, 0.717) is 18.5 Å². The molecule has 3 nitrogen and oxygen atoms in total. The first-order valence-corrected chi connectivity index (χ1v) is 5.41. The van der Waals surface area contributed by atoms with Crippen LogP contribution in [0.3, 0.4) is 0 Å². The van der Waals surface area contributed by atoms with Crippen molar-refractivity contribution < 1.29 is 5.11 Å². The highest BCUT2D eigenvalue weighted by Crippen LogP contribution is 2.36. The van der Waals surface area contributed by atoms with Crippen LogP contribution in [0.4, 0.5) is 0 Å². The molecular formula is C10H20N2O. The molecule has 13 heavy (non-hydrogen) atoms. The van der Waals surface area contributed by atoms with Crippen LogP contribution in [0.5, 0.6) is 0 Å². The highest BCUT2D eigenvalue weighted by molar-refractivity contribution is 4.99. The molecule has 3 N–H and O–H groups in total. The van der Waals surface area contributed by atoms with Gasteiger partial charge in [0.1, 0.15) is 0 Å². The molecule has 2 fully saturated rings. The number of hydrogen-bond donors (Lipinski definition) is 2. The highest BCUT2D eigenvalue weighted by Gasteiger charge is 2.44. The van der Waals surface area contributed by atoms with Crippen LogP contribution in [-0.2, 0) is 0 Å². The van der Waals surface area contributed by atoms with Crippen molar-refractivity contribution in [1.82, 2.24) is 4.90 Å². The Morgan fingerprint density at radius 2 is 2.15 bits per heavy atom. The number of rotatable bonds is 3. The van der Waals surface area contributed by atoms with Crippen molar-refractivity contribution >= 4 is 0 Å². The molecular weight excluding hydrogens is 164 g/mol. The summed E-state index contributed by atoms with van der Waals surface area (Å²) in [6.07, 6.45) is 3.51. The Morgan fingerprint density at radius 1 is 1.46 bits per heavy atom. The van der Waals surface area contributed by atoms with E-state index in [9.17, 15) is 5.11 Å². The topological polar surface area (TPSA) is 49.5 Å². The van der Waals surface area contributed by atoms with Gasteiger partial charge in [-0.2, -0.15) is 0 Å². The molecule has 0 aromatic carbocycles. The van der Waals surface area contributed by atoms with Crippen LogP contribution in [0.2, 0.25) is 0 Å². The van der Waals surface area contributed by atoms with E-state index >= 15 is 0 Å². The van der Waals surface area contributed by atoms with Gasteiger partial charge in [-0.25, -0.2) is 0 Å². The van der Waals surface area contributed by atoms with Crippen molar-refractivity contribution in [2.45, 2.75) is 44.4 Å². The van der Waals surface area contributed by atoms with E-state index in [0.717, 1.165) is 19.0 Å². The lowest BCUT2D eigenvalue weighted by Crippen LogP contribution is -2.36. The summed E-state index contributed by atoms with van der Waals surface area (Å²) in [7, 11) is 0.